The van der Waals surface area contributed by atoms with Crippen LogP contribution < -0.4 is 0 Å². The summed E-state index contributed by atoms with van der Waals surface area (Å²) in [5.41, 5.74) is 2.96. The lowest BCUT2D eigenvalue weighted by Crippen LogP contribution is -2.34. The number of benzene rings is 1. The second kappa shape index (κ2) is 6.39. The molecule has 0 radical (unpaired) electrons. The predicted molar refractivity (Wildman–Crippen MR) is 82.9 cm³/mol. The molecule has 0 aromatic heterocycles. The number of carbonyl (C=O) groups is 1. The van der Waals surface area contributed by atoms with E-state index >= 15 is 0 Å². The van der Waals surface area contributed by atoms with Crippen LogP contribution in [-0.4, -0.2) is 41.3 Å². The van der Waals surface area contributed by atoms with Crippen LogP contribution in [0.1, 0.15) is 41.6 Å². The van der Waals surface area contributed by atoms with Crippen molar-refractivity contribution in [1.29, 1.82) is 0 Å². The van der Waals surface area contributed by atoms with Gasteiger partial charge in [0, 0.05) is 18.8 Å². The molecule has 1 aromatic rings. The van der Waals surface area contributed by atoms with E-state index in [9.17, 15) is 4.79 Å². The van der Waals surface area contributed by atoms with Crippen LogP contribution in [0.25, 0.3) is 0 Å². The van der Waals surface area contributed by atoms with E-state index in [1.807, 2.05) is 12.1 Å². The fraction of sp³-hybridized carbons (Fsp3) is 0.529. The van der Waals surface area contributed by atoms with Gasteiger partial charge in [0.05, 0.1) is 5.56 Å². The highest BCUT2D eigenvalue weighted by atomic mass is 16.4. The lowest BCUT2D eigenvalue weighted by molar-refractivity contribution is 0.0697. The average Bonchev–Trinajstić information content (AvgIpc) is 3.31. The van der Waals surface area contributed by atoms with E-state index in [-0.39, 0.29) is 0 Å². The third-order valence-electron chi connectivity index (χ3n) is 4.36. The molecule has 1 saturated heterocycles. The van der Waals surface area contributed by atoms with Crippen molar-refractivity contribution in [3.05, 3.63) is 35.4 Å². The Bertz CT molecular complexity index is 522. The molecule has 4 heteroatoms. The van der Waals surface area contributed by atoms with Crippen molar-refractivity contribution in [3.63, 3.8) is 0 Å². The van der Waals surface area contributed by atoms with Gasteiger partial charge in [-0.15, -0.1) is 0 Å². The van der Waals surface area contributed by atoms with Crippen LogP contribution in [-0.2, 0) is 6.54 Å². The summed E-state index contributed by atoms with van der Waals surface area (Å²) >= 11 is 0. The Hall–Kier alpha value is -1.68. The van der Waals surface area contributed by atoms with Crippen LogP contribution in [0.4, 0.5) is 0 Å². The number of rotatable bonds is 5. The Kier molecular flexibility index (Phi) is 4.34. The number of nitrogens with zero attached hydrogens (tertiary/aromatic N) is 2. The standard InChI is InChI=1S/C17H22N2O2/c20-17(21)15-3-1-14(2-4-15)12-19-9-7-13(8-10-19)11-18-16-5-6-16/h1-4,13H,5-12H2,(H,20,21). The molecule has 112 valence electrons. The molecule has 1 N–H and O–H groups in total. The van der Waals surface area contributed by atoms with Crippen molar-refractivity contribution < 1.29 is 9.90 Å². The van der Waals surface area contributed by atoms with Crippen molar-refractivity contribution in [2.45, 2.75) is 32.2 Å². The molecular weight excluding hydrogens is 264 g/mol. The Morgan fingerprint density at radius 3 is 2.43 bits per heavy atom. The van der Waals surface area contributed by atoms with E-state index < -0.39 is 5.97 Å². The Morgan fingerprint density at radius 1 is 1.19 bits per heavy atom. The number of likely N-dealkylation sites (tertiary alicyclic amines) is 1. The largest absolute Gasteiger partial charge is 0.478 e. The molecule has 1 aromatic carbocycles. The summed E-state index contributed by atoms with van der Waals surface area (Å²) in [7, 11) is 0. The zero-order chi connectivity index (χ0) is 14.7. The average molecular weight is 286 g/mol. The van der Waals surface area contributed by atoms with Crippen molar-refractivity contribution in [1.82, 2.24) is 4.90 Å². The Morgan fingerprint density at radius 2 is 1.86 bits per heavy atom. The summed E-state index contributed by atoms with van der Waals surface area (Å²) in [5.74, 6) is -0.108. The molecule has 1 saturated carbocycles. The first-order valence-electron chi connectivity index (χ1n) is 7.77. The van der Waals surface area contributed by atoms with Gasteiger partial charge in [0.1, 0.15) is 0 Å². The number of carboxylic acid groups (broad SMARTS) is 1. The monoisotopic (exact) mass is 286 g/mol. The fourth-order valence-electron chi connectivity index (χ4n) is 2.81. The second-order valence-electron chi connectivity index (χ2n) is 6.13. The summed E-state index contributed by atoms with van der Waals surface area (Å²) < 4.78 is 0. The summed E-state index contributed by atoms with van der Waals surface area (Å²) in [5, 5.41) is 8.90. The van der Waals surface area contributed by atoms with Crippen molar-refractivity contribution in [2.75, 3.05) is 19.6 Å². The lowest BCUT2D eigenvalue weighted by Gasteiger charge is -2.31. The van der Waals surface area contributed by atoms with Gasteiger partial charge in [-0.05, 0) is 62.4 Å². The first-order chi connectivity index (χ1) is 10.2. The molecule has 2 aliphatic rings. The molecule has 2 fully saturated rings. The molecule has 0 spiro atoms. The third kappa shape index (κ3) is 4.14. The Balaban J connectivity index is 1.46. The number of hydrogen-bond donors (Lipinski definition) is 1. The maximum Gasteiger partial charge on any atom is 0.335 e. The van der Waals surface area contributed by atoms with Gasteiger partial charge in [-0.25, -0.2) is 4.79 Å². The molecule has 21 heavy (non-hydrogen) atoms. The highest BCUT2D eigenvalue weighted by Crippen LogP contribution is 2.21. The minimum absolute atomic E-state index is 0.358. The van der Waals surface area contributed by atoms with Crippen LogP contribution in [0.15, 0.2) is 29.3 Å². The maximum absolute atomic E-state index is 10.8. The fourth-order valence-corrected chi connectivity index (χ4v) is 2.81. The minimum Gasteiger partial charge on any atom is -0.478 e. The molecule has 0 unspecified atom stereocenters. The van der Waals surface area contributed by atoms with Crippen molar-refractivity contribution >= 4 is 11.7 Å². The van der Waals surface area contributed by atoms with Gasteiger partial charge in [-0.3, -0.25) is 9.89 Å². The quantitative estimate of drug-likeness (QED) is 0.905. The predicted octanol–water partition coefficient (Wildman–Crippen LogP) is 2.83. The first-order valence-corrected chi connectivity index (χ1v) is 7.77. The molecule has 3 rings (SSSR count). The van der Waals surface area contributed by atoms with Crippen molar-refractivity contribution in [2.24, 2.45) is 10.9 Å². The zero-order valence-electron chi connectivity index (χ0n) is 12.3. The molecule has 0 bridgehead atoms. The second-order valence-corrected chi connectivity index (χ2v) is 6.13. The van der Waals surface area contributed by atoms with E-state index in [1.165, 1.54) is 37.0 Å². The van der Waals surface area contributed by atoms with Gasteiger partial charge in [0.15, 0.2) is 0 Å². The van der Waals surface area contributed by atoms with Gasteiger partial charge in [0.25, 0.3) is 0 Å². The summed E-state index contributed by atoms with van der Waals surface area (Å²) in [6, 6.07) is 7.23. The number of aliphatic imine (C=N–C) groups is 1. The third-order valence-corrected chi connectivity index (χ3v) is 4.36. The number of hydrogen-bond acceptors (Lipinski definition) is 3. The van der Waals surface area contributed by atoms with E-state index in [4.69, 9.17) is 5.11 Å². The highest BCUT2D eigenvalue weighted by Gasteiger charge is 2.20. The Labute approximate surface area is 125 Å². The van der Waals surface area contributed by atoms with Crippen LogP contribution >= 0.6 is 0 Å². The van der Waals surface area contributed by atoms with Gasteiger partial charge in [-0.2, -0.15) is 0 Å². The number of piperidine rings is 1. The molecular formula is C17H22N2O2. The van der Waals surface area contributed by atoms with E-state index in [1.54, 1.807) is 12.1 Å². The van der Waals surface area contributed by atoms with E-state index in [2.05, 4.69) is 9.89 Å². The van der Waals surface area contributed by atoms with Crippen LogP contribution in [0.3, 0.4) is 0 Å². The van der Waals surface area contributed by atoms with Gasteiger partial charge in [-0.1, -0.05) is 12.1 Å². The molecule has 4 nitrogen and oxygen atoms in total. The van der Waals surface area contributed by atoms with Crippen molar-refractivity contribution in [3.8, 4) is 0 Å². The van der Waals surface area contributed by atoms with Gasteiger partial charge in [0.2, 0.25) is 0 Å². The molecule has 0 atom stereocenters. The van der Waals surface area contributed by atoms with Crippen LogP contribution in [0, 0.1) is 5.92 Å². The molecule has 1 heterocycles. The molecule has 1 aliphatic carbocycles. The zero-order valence-corrected chi connectivity index (χ0v) is 12.3. The summed E-state index contributed by atoms with van der Waals surface area (Å²) in [6.07, 6.45) is 4.91. The molecule has 1 aliphatic heterocycles. The molecule has 0 amide bonds. The smallest absolute Gasteiger partial charge is 0.335 e. The normalized spacial score (nSPS) is 19.5. The van der Waals surface area contributed by atoms with Gasteiger partial charge < -0.3 is 5.11 Å². The number of carboxylic acids is 1. The van der Waals surface area contributed by atoms with E-state index in [0.29, 0.717) is 5.56 Å². The van der Waals surface area contributed by atoms with Crippen LogP contribution in [0.5, 0.6) is 0 Å². The first kappa shape index (κ1) is 14.3. The van der Waals surface area contributed by atoms with Gasteiger partial charge >= 0.3 is 5.97 Å². The van der Waals surface area contributed by atoms with E-state index in [0.717, 1.165) is 32.1 Å². The topological polar surface area (TPSA) is 52.9 Å². The SMILES string of the molecule is O=C(O)c1ccc(CN2CCC(CN=C3CC3)CC2)cc1. The summed E-state index contributed by atoms with van der Waals surface area (Å²) in [6.45, 7) is 4.18. The highest BCUT2D eigenvalue weighted by molar-refractivity contribution is 5.97. The maximum atomic E-state index is 10.8. The minimum atomic E-state index is -0.861. The lowest BCUT2D eigenvalue weighted by atomic mass is 9.96. The van der Waals surface area contributed by atoms with Crippen LogP contribution in [0.2, 0.25) is 0 Å². The number of aromatic carboxylic acids is 1. The summed E-state index contributed by atoms with van der Waals surface area (Å²) in [4.78, 5) is 17.9.